The smallest absolute Gasteiger partial charge is 0.332 e. The van der Waals surface area contributed by atoms with E-state index >= 15 is 0 Å². The van der Waals surface area contributed by atoms with Crippen molar-refractivity contribution in [1.29, 1.82) is 0 Å². The van der Waals surface area contributed by atoms with Crippen LogP contribution in [0.25, 0.3) is 0 Å². The Kier molecular flexibility index (Phi) is 4.86. The van der Waals surface area contributed by atoms with E-state index in [-0.39, 0.29) is 13.0 Å². The van der Waals surface area contributed by atoms with Gasteiger partial charge < -0.3 is 14.9 Å². The maximum atomic E-state index is 10.3. The summed E-state index contributed by atoms with van der Waals surface area (Å²) < 4.78 is 5.20. The highest BCUT2D eigenvalue weighted by Gasteiger charge is 2.13. The van der Waals surface area contributed by atoms with Crippen LogP contribution >= 0.6 is 23.2 Å². The predicted molar refractivity (Wildman–Crippen MR) is 60.2 cm³/mol. The van der Waals surface area contributed by atoms with Gasteiger partial charge in [-0.05, 0) is 18.2 Å². The highest BCUT2D eigenvalue weighted by molar-refractivity contribution is 6.35. The molecule has 0 saturated carbocycles. The number of halogens is 2. The fraction of sp³-hybridized carbons (Fsp3) is 0.300. The van der Waals surface area contributed by atoms with Gasteiger partial charge in [-0.15, -0.1) is 0 Å². The highest BCUT2D eigenvalue weighted by atomic mass is 35.5. The van der Waals surface area contributed by atoms with E-state index in [1.807, 2.05) is 0 Å². The molecule has 0 radical (unpaired) electrons. The zero-order valence-corrected chi connectivity index (χ0v) is 9.70. The lowest BCUT2D eigenvalue weighted by molar-refractivity contribution is -0.147. The Bertz CT molecular complexity index is 381. The standard InChI is InChI=1S/C10H10Cl2O4/c11-6-1-2-9(7(12)5-6)16-4-3-8(13)10(14)15/h1-2,5,8,13H,3-4H2,(H,14,15). The first-order chi connectivity index (χ1) is 7.50. The largest absolute Gasteiger partial charge is 0.492 e. The zero-order valence-electron chi connectivity index (χ0n) is 8.19. The minimum absolute atomic E-state index is 0.00567. The van der Waals surface area contributed by atoms with Crippen molar-refractivity contribution in [2.45, 2.75) is 12.5 Å². The molecular weight excluding hydrogens is 255 g/mol. The van der Waals surface area contributed by atoms with Gasteiger partial charge in [-0.25, -0.2) is 4.79 Å². The maximum absolute atomic E-state index is 10.3. The number of carboxylic acid groups (broad SMARTS) is 1. The van der Waals surface area contributed by atoms with Crippen LogP contribution < -0.4 is 4.74 Å². The molecule has 16 heavy (non-hydrogen) atoms. The first-order valence-electron chi connectivity index (χ1n) is 4.49. The average Bonchev–Trinajstić information content (AvgIpc) is 2.20. The summed E-state index contributed by atoms with van der Waals surface area (Å²) in [6, 6.07) is 4.71. The van der Waals surface area contributed by atoms with Crippen molar-refractivity contribution < 1.29 is 19.7 Å². The van der Waals surface area contributed by atoms with Crippen molar-refractivity contribution >= 4 is 29.2 Å². The van der Waals surface area contributed by atoms with Gasteiger partial charge in [-0.3, -0.25) is 0 Å². The lowest BCUT2D eigenvalue weighted by atomic mass is 10.3. The van der Waals surface area contributed by atoms with Crippen LogP contribution in [0.15, 0.2) is 18.2 Å². The molecule has 0 spiro atoms. The molecule has 1 aromatic carbocycles. The number of carbonyl (C=O) groups is 1. The molecule has 88 valence electrons. The second-order valence-electron chi connectivity index (χ2n) is 3.07. The Morgan fingerprint density at radius 2 is 2.12 bits per heavy atom. The number of hydrogen-bond acceptors (Lipinski definition) is 3. The number of carboxylic acids is 1. The summed E-state index contributed by atoms with van der Waals surface area (Å²) in [6.45, 7) is 0.0643. The molecule has 0 fully saturated rings. The molecule has 2 N–H and O–H groups in total. The van der Waals surface area contributed by atoms with E-state index in [1.165, 1.54) is 6.07 Å². The van der Waals surface area contributed by atoms with E-state index in [4.69, 9.17) is 38.2 Å². The summed E-state index contributed by atoms with van der Waals surface area (Å²) in [5.74, 6) is -0.866. The van der Waals surface area contributed by atoms with Gasteiger partial charge in [0.05, 0.1) is 11.6 Å². The SMILES string of the molecule is O=C(O)C(O)CCOc1ccc(Cl)cc1Cl. The molecule has 0 aromatic heterocycles. The molecule has 1 rings (SSSR count). The molecule has 0 aliphatic rings. The highest BCUT2D eigenvalue weighted by Crippen LogP contribution is 2.27. The summed E-state index contributed by atoms with van der Waals surface area (Å²) >= 11 is 11.5. The van der Waals surface area contributed by atoms with Crippen molar-refractivity contribution in [2.75, 3.05) is 6.61 Å². The fourth-order valence-electron chi connectivity index (χ4n) is 0.996. The summed E-state index contributed by atoms with van der Waals surface area (Å²) in [7, 11) is 0. The molecule has 0 amide bonds. The van der Waals surface area contributed by atoms with Gasteiger partial charge in [0.2, 0.25) is 0 Å². The summed E-state index contributed by atoms with van der Waals surface area (Å²) in [6.07, 6.45) is -1.43. The quantitative estimate of drug-likeness (QED) is 0.856. The van der Waals surface area contributed by atoms with Crippen molar-refractivity contribution in [2.24, 2.45) is 0 Å². The number of aliphatic hydroxyl groups is 1. The van der Waals surface area contributed by atoms with Crippen LogP contribution in [0.2, 0.25) is 10.0 Å². The molecule has 1 atom stereocenters. The lowest BCUT2D eigenvalue weighted by Crippen LogP contribution is -2.21. The predicted octanol–water partition coefficient (Wildman–Crippen LogP) is 2.21. The van der Waals surface area contributed by atoms with E-state index in [9.17, 15) is 4.79 Å². The minimum atomic E-state index is -1.42. The topological polar surface area (TPSA) is 66.8 Å². The molecular formula is C10H10Cl2O4. The van der Waals surface area contributed by atoms with Gasteiger partial charge in [0.15, 0.2) is 6.10 Å². The maximum Gasteiger partial charge on any atom is 0.332 e. The van der Waals surface area contributed by atoms with Gasteiger partial charge in [0.1, 0.15) is 5.75 Å². The molecule has 4 nitrogen and oxygen atoms in total. The Hall–Kier alpha value is -0.970. The van der Waals surface area contributed by atoms with Crippen LogP contribution in [-0.2, 0) is 4.79 Å². The van der Waals surface area contributed by atoms with Crippen molar-refractivity contribution in [3.63, 3.8) is 0 Å². The molecule has 0 heterocycles. The van der Waals surface area contributed by atoms with Crippen molar-refractivity contribution in [1.82, 2.24) is 0 Å². The van der Waals surface area contributed by atoms with Crippen LogP contribution in [0.5, 0.6) is 5.75 Å². The Morgan fingerprint density at radius 3 is 2.69 bits per heavy atom. The minimum Gasteiger partial charge on any atom is -0.492 e. The number of ether oxygens (including phenoxy) is 1. The number of rotatable bonds is 5. The van der Waals surface area contributed by atoms with Crippen LogP contribution in [-0.4, -0.2) is 28.9 Å². The monoisotopic (exact) mass is 264 g/mol. The summed E-state index contributed by atoms with van der Waals surface area (Å²) in [4.78, 5) is 10.3. The molecule has 6 heteroatoms. The molecule has 0 aliphatic carbocycles. The third-order valence-electron chi connectivity index (χ3n) is 1.83. The van der Waals surface area contributed by atoms with Gasteiger partial charge in [-0.1, -0.05) is 23.2 Å². The van der Waals surface area contributed by atoms with Crippen LogP contribution in [0.4, 0.5) is 0 Å². The summed E-state index contributed by atoms with van der Waals surface area (Å²) in [5, 5.41) is 18.2. The molecule has 1 aromatic rings. The van der Waals surface area contributed by atoms with Crippen LogP contribution in [0, 0.1) is 0 Å². The first-order valence-corrected chi connectivity index (χ1v) is 5.25. The Balaban J connectivity index is 2.46. The molecule has 1 unspecified atom stereocenters. The fourth-order valence-corrected chi connectivity index (χ4v) is 1.46. The normalized spacial score (nSPS) is 12.2. The van der Waals surface area contributed by atoms with E-state index in [0.717, 1.165) is 0 Å². The first kappa shape index (κ1) is 13.1. The van der Waals surface area contributed by atoms with E-state index in [0.29, 0.717) is 15.8 Å². The van der Waals surface area contributed by atoms with Gasteiger partial charge >= 0.3 is 5.97 Å². The lowest BCUT2D eigenvalue weighted by Gasteiger charge is -2.09. The number of benzene rings is 1. The van der Waals surface area contributed by atoms with Gasteiger partial charge in [-0.2, -0.15) is 0 Å². The zero-order chi connectivity index (χ0) is 12.1. The number of aliphatic carboxylic acids is 1. The number of hydrogen-bond donors (Lipinski definition) is 2. The van der Waals surface area contributed by atoms with Crippen LogP contribution in [0.1, 0.15) is 6.42 Å². The molecule has 0 aliphatic heterocycles. The van der Waals surface area contributed by atoms with E-state index in [2.05, 4.69) is 0 Å². The second-order valence-corrected chi connectivity index (χ2v) is 3.91. The van der Waals surface area contributed by atoms with Crippen LogP contribution in [0.3, 0.4) is 0 Å². The summed E-state index contributed by atoms with van der Waals surface area (Å²) in [5.41, 5.74) is 0. The molecule has 0 saturated heterocycles. The number of aliphatic hydroxyl groups excluding tert-OH is 1. The van der Waals surface area contributed by atoms with Gasteiger partial charge in [0.25, 0.3) is 0 Å². The third kappa shape index (κ3) is 3.89. The van der Waals surface area contributed by atoms with E-state index < -0.39 is 12.1 Å². The third-order valence-corrected chi connectivity index (χ3v) is 2.36. The average molecular weight is 265 g/mol. The van der Waals surface area contributed by atoms with Gasteiger partial charge in [0, 0.05) is 11.4 Å². The van der Waals surface area contributed by atoms with E-state index in [1.54, 1.807) is 12.1 Å². The molecule has 0 bridgehead atoms. The van der Waals surface area contributed by atoms with Crippen molar-refractivity contribution in [3.05, 3.63) is 28.2 Å². The Labute approximate surface area is 102 Å². The van der Waals surface area contributed by atoms with Crippen molar-refractivity contribution in [3.8, 4) is 5.75 Å². The second kappa shape index (κ2) is 5.94. The Morgan fingerprint density at radius 1 is 1.44 bits per heavy atom.